The van der Waals surface area contributed by atoms with E-state index >= 15 is 0 Å². The van der Waals surface area contributed by atoms with Crippen molar-refractivity contribution in [2.45, 2.75) is 6.61 Å². The van der Waals surface area contributed by atoms with E-state index in [0.717, 1.165) is 22.2 Å². The summed E-state index contributed by atoms with van der Waals surface area (Å²) in [5.74, 6) is -0.221. The van der Waals surface area contributed by atoms with Gasteiger partial charge < -0.3 is 14.8 Å². The van der Waals surface area contributed by atoms with Gasteiger partial charge in [0.25, 0.3) is 11.1 Å². The van der Waals surface area contributed by atoms with Gasteiger partial charge in [-0.3, -0.25) is 19.3 Å². The molecule has 3 amide bonds. The van der Waals surface area contributed by atoms with Crippen LogP contribution in [-0.4, -0.2) is 35.6 Å². The van der Waals surface area contributed by atoms with E-state index in [1.54, 1.807) is 42.5 Å². The molecule has 0 radical (unpaired) electrons. The maximum absolute atomic E-state index is 12.9. The van der Waals surface area contributed by atoms with E-state index in [1.165, 1.54) is 7.11 Å². The molecule has 12 heteroatoms. The minimum absolute atomic E-state index is 0.174. The first kappa shape index (κ1) is 28.5. The smallest absolute Gasteiger partial charge is 0.294 e. The number of ether oxygens (including phenoxy) is 2. The van der Waals surface area contributed by atoms with Crippen molar-refractivity contribution in [3.05, 3.63) is 89.6 Å². The number of benzene rings is 3. The molecule has 0 spiro atoms. The first-order chi connectivity index (χ1) is 18.2. The van der Waals surface area contributed by atoms with Crippen LogP contribution in [-0.2, 0) is 16.2 Å². The Morgan fingerprint density at radius 2 is 1.82 bits per heavy atom. The lowest BCUT2D eigenvalue weighted by Crippen LogP contribution is -2.36. The standard InChI is InChI=1S/C26H18Br2Cl2N2O5S/c1-36-21-9-14(8-18(28)24(21)37-13-15-4-2-3-5-19(15)29)10-22-25(34)32(26(35)38-22)12-23(33)31-16-6-7-17(27)20(30)11-16/h2-11H,12-13H2,1H3,(H,31,33)/b22-10+. The zero-order valence-corrected chi connectivity index (χ0v) is 25.1. The SMILES string of the molecule is COc1cc(/C=C2/SC(=O)N(CC(=O)Nc3ccc(Br)c(Cl)c3)C2=O)cc(Br)c1OCc1ccccc1Cl. The number of nitrogens with one attached hydrogen (secondary N) is 1. The summed E-state index contributed by atoms with van der Waals surface area (Å²) in [5, 5.41) is 3.09. The van der Waals surface area contributed by atoms with Crippen LogP contribution in [0.25, 0.3) is 6.08 Å². The molecule has 0 aliphatic carbocycles. The van der Waals surface area contributed by atoms with E-state index in [9.17, 15) is 14.4 Å². The zero-order chi connectivity index (χ0) is 27.4. The Morgan fingerprint density at radius 3 is 2.53 bits per heavy atom. The third-order valence-corrected chi connectivity index (χ3v) is 8.36. The van der Waals surface area contributed by atoms with E-state index in [4.69, 9.17) is 32.7 Å². The molecular formula is C26H18Br2Cl2N2O5S. The van der Waals surface area contributed by atoms with Crippen molar-refractivity contribution < 1.29 is 23.9 Å². The highest BCUT2D eigenvalue weighted by atomic mass is 79.9. The van der Waals surface area contributed by atoms with Crippen LogP contribution in [0.4, 0.5) is 10.5 Å². The van der Waals surface area contributed by atoms with Crippen molar-refractivity contribution in [3.8, 4) is 11.5 Å². The van der Waals surface area contributed by atoms with E-state index in [2.05, 4.69) is 37.2 Å². The average molecular weight is 701 g/mol. The number of carbonyl (C=O) groups is 3. The van der Waals surface area contributed by atoms with Gasteiger partial charge in [-0.05, 0) is 91.7 Å². The molecular weight excluding hydrogens is 683 g/mol. The van der Waals surface area contributed by atoms with Gasteiger partial charge >= 0.3 is 0 Å². The van der Waals surface area contributed by atoms with Crippen molar-refractivity contribution in [2.24, 2.45) is 0 Å². The fourth-order valence-corrected chi connectivity index (χ4v) is 5.46. The number of halogens is 4. The maximum Gasteiger partial charge on any atom is 0.294 e. The number of methoxy groups -OCH3 is 1. The fourth-order valence-electron chi connectivity index (χ4n) is 3.43. The van der Waals surface area contributed by atoms with Gasteiger partial charge in [-0.1, -0.05) is 41.4 Å². The van der Waals surface area contributed by atoms with Crippen LogP contribution in [0.5, 0.6) is 11.5 Å². The zero-order valence-electron chi connectivity index (χ0n) is 19.6. The summed E-state index contributed by atoms with van der Waals surface area (Å²) in [5.41, 5.74) is 1.85. The van der Waals surface area contributed by atoms with Crippen LogP contribution in [0.15, 0.2) is 68.4 Å². The molecule has 38 heavy (non-hydrogen) atoms. The van der Waals surface area contributed by atoms with Crippen molar-refractivity contribution in [3.63, 3.8) is 0 Å². The monoisotopic (exact) mass is 698 g/mol. The third-order valence-electron chi connectivity index (χ3n) is 5.26. The Hall–Kier alpha value is -2.50. The summed E-state index contributed by atoms with van der Waals surface area (Å²) in [6.07, 6.45) is 1.56. The van der Waals surface area contributed by atoms with Crippen LogP contribution in [0.1, 0.15) is 11.1 Å². The number of imide groups is 1. The predicted molar refractivity (Wildman–Crippen MR) is 157 cm³/mol. The molecule has 7 nitrogen and oxygen atoms in total. The van der Waals surface area contributed by atoms with Gasteiger partial charge in [0.2, 0.25) is 5.91 Å². The van der Waals surface area contributed by atoms with Crippen LogP contribution < -0.4 is 14.8 Å². The molecule has 0 saturated carbocycles. The number of rotatable bonds is 8. The van der Waals surface area contributed by atoms with Gasteiger partial charge in [0.05, 0.1) is 21.5 Å². The molecule has 1 heterocycles. The van der Waals surface area contributed by atoms with Gasteiger partial charge in [0.1, 0.15) is 13.2 Å². The molecule has 1 aliphatic heterocycles. The minimum Gasteiger partial charge on any atom is -0.493 e. The number of anilines is 1. The highest BCUT2D eigenvalue weighted by Crippen LogP contribution is 2.39. The first-order valence-corrected chi connectivity index (χ1v) is 14.1. The lowest BCUT2D eigenvalue weighted by molar-refractivity contribution is -0.127. The Labute approximate surface area is 249 Å². The molecule has 0 unspecified atom stereocenters. The van der Waals surface area contributed by atoms with E-state index in [0.29, 0.717) is 41.7 Å². The number of thioether (sulfide) groups is 1. The maximum atomic E-state index is 12.9. The van der Waals surface area contributed by atoms with Crippen molar-refractivity contribution >= 4 is 95.6 Å². The molecule has 1 saturated heterocycles. The summed E-state index contributed by atoms with van der Waals surface area (Å²) in [7, 11) is 1.50. The van der Waals surface area contributed by atoms with Crippen molar-refractivity contribution in [1.29, 1.82) is 0 Å². The molecule has 1 fully saturated rings. The lowest BCUT2D eigenvalue weighted by Gasteiger charge is -2.14. The van der Waals surface area contributed by atoms with Crippen molar-refractivity contribution in [2.75, 3.05) is 19.0 Å². The van der Waals surface area contributed by atoms with Crippen LogP contribution in [0, 0.1) is 0 Å². The number of hydrogen-bond acceptors (Lipinski definition) is 6. The molecule has 1 N–H and O–H groups in total. The highest BCUT2D eigenvalue weighted by molar-refractivity contribution is 9.10. The summed E-state index contributed by atoms with van der Waals surface area (Å²) < 4.78 is 12.7. The largest absolute Gasteiger partial charge is 0.493 e. The van der Waals surface area contributed by atoms with Crippen LogP contribution >= 0.6 is 66.8 Å². The molecule has 0 bridgehead atoms. The summed E-state index contributed by atoms with van der Waals surface area (Å²) in [4.78, 5) is 39.0. The summed E-state index contributed by atoms with van der Waals surface area (Å²) in [6, 6.07) is 15.7. The molecule has 1 aliphatic rings. The lowest BCUT2D eigenvalue weighted by atomic mass is 10.1. The number of nitrogens with zero attached hydrogens (tertiary/aromatic N) is 1. The Balaban J connectivity index is 1.47. The molecule has 0 aromatic heterocycles. The summed E-state index contributed by atoms with van der Waals surface area (Å²) >= 11 is 19.8. The van der Waals surface area contributed by atoms with E-state index in [-0.39, 0.29) is 11.5 Å². The minimum atomic E-state index is -0.571. The van der Waals surface area contributed by atoms with E-state index in [1.807, 2.05) is 18.2 Å². The topological polar surface area (TPSA) is 84.9 Å². The predicted octanol–water partition coefficient (Wildman–Crippen LogP) is 7.78. The normalized spacial score (nSPS) is 14.2. The third kappa shape index (κ3) is 6.73. The second-order valence-electron chi connectivity index (χ2n) is 7.86. The molecule has 3 aromatic carbocycles. The van der Waals surface area contributed by atoms with Crippen molar-refractivity contribution in [1.82, 2.24) is 4.90 Å². The molecule has 3 aromatic rings. The average Bonchev–Trinajstić information content (AvgIpc) is 3.13. The first-order valence-electron chi connectivity index (χ1n) is 10.9. The number of amides is 3. The van der Waals surface area contributed by atoms with E-state index < -0.39 is 23.6 Å². The Morgan fingerprint density at radius 1 is 1.05 bits per heavy atom. The van der Waals surface area contributed by atoms with Crippen LogP contribution in [0.3, 0.4) is 0 Å². The van der Waals surface area contributed by atoms with Gasteiger partial charge in [0, 0.05) is 20.7 Å². The second-order valence-corrected chi connectivity index (χ2v) is 11.4. The Kier molecular flexibility index (Phi) is 9.43. The van der Waals surface area contributed by atoms with Crippen LogP contribution in [0.2, 0.25) is 10.0 Å². The Bertz CT molecular complexity index is 1470. The van der Waals surface area contributed by atoms with Gasteiger partial charge in [-0.15, -0.1) is 0 Å². The highest BCUT2D eigenvalue weighted by Gasteiger charge is 2.36. The molecule has 196 valence electrons. The molecule has 0 atom stereocenters. The van der Waals surface area contributed by atoms with Gasteiger partial charge in [-0.2, -0.15) is 0 Å². The second kappa shape index (κ2) is 12.6. The fraction of sp³-hybridized carbons (Fsp3) is 0.115. The molecule has 4 rings (SSSR count). The number of hydrogen-bond donors (Lipinski definition) is 1. The number of carbonyl (C=O) groups excluding carboxylic acids is 3. The summed E-state index contributed by atoms with van der Waals surface area (Å²) in [6.45, 7) is -0.209. The van der Waals surface area contributed by atoms with Gasteiger partial charge in [0.15, 0.2) is 11.5 Å². The van der Waals surface area contributed by atoms with Gasteiger partial charge in [-0.25, -0.2) is 0 Å². The quantitative estimate of drug-likeness (QED) is 0.242.